The van der Waals surface area contributed by atoms with Crippen molar-refractivity contribution in [2.24, 2.45) is 0 Å². The van der Waals surface area contributed by atoms with Gasteiger partial charge in [0.05, 0.1) is 34.4 Å². The van der Waals surface area contributed by atoms with E-state index in [1.54, 1.807) is 13.3 Å². The Morgan fingerprint density at radius 2 is 2.20 bits per heavy atom. The van der Waals surface area contributed by atoms with Gasteiger partial charge in [0.25, 0.3) is 0 Å². The molecule has 4 heterocycles. The van der Waals surface area contributed by atoms with Crippen LogP contribution >= 0.6 is 0 Å². The zero-order valence-electron chi connectivity index (χ0n) is 19.5. The lowest BCUT2D eigenvalue weighted by Crippen LogP contribution is -2.43. The fraction of sp³-hybridized carbons (Fsp3) is 0.320. The molecule has 5 rings (SSSR count). The topological polar surface area (TPSA) is 145 Å². The Labute approximate surface area is 202 Å². The summed E-state index contributed by atoms with van der Waals surface area (Å²) in [6.45, 7) is 4.30. The molecule has 3 aromatic heterocycles. The number of aliphatic hydroxyl groups is 1. The Morgan fingerprint density at radius 1 is 1.34 bits per heavy atom. The van der Waals surface area contributed by atoms with Crippen LogP contribution in [0.2, 0.25) is 0 Å². The van der Waals surface area contributed by atoms with Gasteiger partial charge in [-0.1, -0.05) is 6.07 Å². The number of rotatable bonds is 6. The summed E-state index contributed by atoms with van der Waals surface area (Å²) in [5.74, 6) is 0.615. The Hall–Kier alpha value is -4.07. The number of nitriles is 1. The average Bonchev–Trinajstić information content (AvgIpc) is 3.46. The monoisotopic (exact) mass is 470 g/mol. The van der Waals surface area contributed by atoms with Crippen molar-refractivity contribution in [2.45, 2.75) is 44.9 Å². The first kappa shape index (κ1) is 22.7. The first-order valence-electron chi connectivity index (χ1n) is 11.6. The number of nitrogens with zero attached hydrogens (tertiary/aromatic N) is 5. The molecule has 1 aromatic carbocycles. The lowest BCUT2D eigenvalue weighted by molar-refractivity contribution is -0.110. The van der Waals surface area contributed by atoms with Crippen LogP contribution in [-0.4, -0.2) is 54.8 Å². The average molecular weight is 471 g/mol. The first-order valence-corrected chi connectivity index (χ1v) is 11.6. The number of carbonyl (C=O) groups is 1. The van der Waals surface area contributed by atoms with Crippen molar-refractivity contribution in [1.29, 1.82) is 5.26 Å². The molecule has 35 heavy (non-hydrogen) atoms. The van der Waals surface area contributed by atoms with Crippen molar-refractivity contribution in [3.63, 3.8) is 0 Å². The van der Waals surface area contributed by atoms with E-state index in [1.165, 1.54) is 0 Å². The third kappa shape index (κ3) is 4.27. The maximum Gasteiger partial charge on any atom is 0.171 e. The van der Waals surface area contributed by atoms with E-state index in [1.807, 2.05) is 41.8 Å². The molecule has 0 saturated carbocycles. The normalized spacial score (nSPS) is 18.8. The number of anilines is 1. The van der Waals surface area contributed by atoms with Gasteiger partial charge in [0.1, 0.15) is 24.5 Å². The van der Waals surface area contributed by atoms with Crippen LogP contribution in [-0.2, 0) is 4.79 Å². The number of benzene rings is 1. The number of piperidine rings is 1. The van der Waals surface area contributed by atoms with E-state index in [9.17, 15) is 15.2 Å². The van der Waals surface area contributed by atoms with Gasteiger partial charge in [-0.15, -0.1) is 0 Å². The van der Waals surface area contributed by atoms with Crippen molar-refractivity contribution >= 4 is 23.0 Å². The Bertz CT molecular complexity index is 1430. The summed E-state index contributed by atoms with van der Waals surface area (Å²) in [6.07, 6.45) is 3.60. The predicted molar refractivity (Wildman–Crippen MR) is 131 cm³/mol. The minimum Gasteiger partial charge on any atom is -0.389 e. The number of nitrogens with one attached hydrogen (secondary N) is 3. The van der Waals surface area contributed by atoms with Crippen LogP contribution in [0.3, 0.4) is 0 Å². The van der Waals surface area contributed by atoms with Gasteiger partial charge >= 0.3 is 0 Å². The van der Waals surface area contributed by atoms with Crippen LogP contribution in [0.4, 0.5) is 5.69 Å². The van der Waals surface area contributed by atoms with Crippen molar-refractivity contribution in [1.82, 2.24) is 30.0 Å². The third-order valence-electron chi connectivity index (χ3n) is 6.42. The van der Waals surface area contributed by atoms with E-state index >= 15 is 0 Å². The van der Waals surface area contributed by atoms with Gasteiger partial charge in [-0.2, -0.15) is 10.4 Å². The van der Waals surface area contributed by atoms with Crippen molar-refractivity contribution in [3.8, 4) is 23.1 Å². The molecule has 1 fully saturated rings. The summed E-state index contributed by atoms with van der Waals surface area (Å²) in [6, 6.07) is 11.8. The number of aromatic nitrogens is 5. The number of H-pyrrole nitrogens is 1. The molecule has 0 amide bonds. The van der Waals surface area contributed by atoms with Gasteiger partial charge < -0.3 is 20.5 Å². The van der Waals surface area contributed by atoms with E-state index in [-0.39, 0.29) is 17.8 Å². The first-order chi connectivity index (χ1) is 17.0. The summed E-state index contributed by atoms with van der Waals surface area (Å²) in [7, 11) is 0. The van der Waals surface area contributed by atoms with E-state index in [2.05, 4.69) is 31.9 Å². The largest absolute Gasteiger partial charge is 0.389 e. The summed E-state index contributed by atoms with van der Waals surface area (Å²) in [4.78, 5) is 20.5. The zero-order valence-corrected chi connectivity index (χ0v) is 19.5. The van der Waals surface area contributed by atoms with Gasteiger partial charge in [-0.05, 0) is 57.5 Å². The number of hydrogen-bond acceptors (Lipinski definition) is 8. The van der Waals surface area contributed by atoms with Crippen LogP contribution < -0.4 is 10.6 Å². The lowest BCUT2D eigenvalue weighted by Gasteiger charge is -2.28. The minimum atomic E-state index is -0.769. The molecule has 1 aliphatic rings. The van der Waals surface area contributed by atoms with Crippen molar-refractivity contribution in [2.75, 3.05) is 11.9 Å². The van der Waals surface area contributed by atoms with E-state index in [0.717, 1.165) is 42.4 Å². The molecule has 178 valence electrons. The molecule has 1 saturated heterocycles. The molecular formula is C25H26N8O2. The van der Waals surface area contributed by atoms with E-state index in [0.29, 0.717) is 28.3 Å². The summed E-state index contributed by atoms with van der Waals surface area (Å²) >= 11 is 0. The standard InChI is InChI=1S/C25H26N8O2/c1-14-24(21(11-26)32-31-14)25-19(15(2)35)4-6-23(30-25)33-13-28-20-10-16(3-5-22(20)33)29-17-7-8-27-18(9-17)12-34/h3-6,10,12-13,15,17-18,27,29,35H,7-9H2,1-2H3,(H,31,32). The number of hydrogen-bond donors (Lipinski definition) is 4. The quantitative estimate of drug-likeness (QED) is 0.315. The maximum atomic E-state index is 11.1. The van der Waals surface area contributed by atoms with Crippen molar-refractivity contribution in [3.05, 3.63) is 53.6 Å². The fourth-order valence-electron chi connectivity index (χ4n) is 4.64. The number of pyridine rings is 1. The molecule has 0 bridgehead atoms. The van der Waals surface area contributed by atoms with E-state index < -0.39 is 6.10 Å². The molecular weight excluding hydrogens is 444 g/mol. The van der Waals surface area contributed by atoms with Crippen LogP contribution in [0.25, 0.3) is 28.1 Å². The summed E-state index contributed by atoms with van der Waals surface area (Å²) in [5.41, 5.74) is 5.26. The highest BCUT2D eigenvalue weighted by molar-refractivity contribution is 5.81. The highest BCUT2D eigenvalue weighted by Gasteiger charge is 2.22. The SMILES string of the molecule is Cc1[nH]nc(C#N)c1-c1nc(-n2cnc3cc(NC4CCNC(C=O)C4)ccc32)ccc1C(C)O. The molecule has 10 nitrogen and oxygen atoms in total. The number of aliphatic hydroxyl groups excluding tert-OH is 1. The number of aldehydes is 1. The fourth-order valence-corrected chi connectivity index (χ4v) is 4.64. The summed E-state index contributed by atoms with van der Waals surface area (Å²) in [5, 5.41) is 33.5. The molecule has 10 heteroatoms. The van der Waals surface area contributed by atoms with Gasteiger partial charge in [0.15, 0.2) is 5.69 Å². The van der Waals surface area contributed by atoms with Gasteiger partial charge in [0, 0.05) is 23.0 Å². The van der Waals surface area contributed by atoms with Gasteiger partial charge in [0.2, 0.25) is 0 Å². The second-order valence-corrected chi connectivity index (χ2v) is 8.85. The number of aryl methyl sites for hydroxylation is 1. The smallest absolute Gasteiger partial charge is 0.171 e. The summed E-state index contributed by atoms with van der Waals surface area (Å²) < 4.78 is 1.88. The highest BCUT2D eigenvalue weighted by atomic mass is 16.3. The molecule has 4 aromatic rings. The van der Waals surface area contributed by atoms with Crippen LogP contribution in [0.1, 0.15) is 42.8 Å². The number of aromatic amines is 1. The number of carbonyl (C=O) groups excluding carboxylic acids is 1. The Kier molecular flexibility index (Phi) is 6.03. The maximum absolute atomic E-state index is 11.1. The second kappa shape index (κ2) is 9.29. The Morgan fingerprint density at radius 3 is 2.97 bits per heavy atom. The number of imidazole rings is 1. The van der Waals surface area contributed by atoms with Crippen molar-refractivity contribution < 1.29 is 9.90 Å². The second-order valence-electron chi connectivity index (χ2n) is 8.85. The molecule has 0 radical (unpaired) electrons. The third-order valence-corrected chi connectivity index (χ3v) is 6.42. The number of fused-ring (bicyclic) bond motifs is 1. The minimum absolute atomic E-state index is 0.116. The molecule has 3 unspecified atom stereocenters. The van der Waals surface area contributed by atoms with Gasteiger partial charge in [-0.25, -0.2) is 9.97 Å². The van der Waals surface area contributed by atoms with Gasteiger partial charge in [-0.3, -0.25) is 9.67 Å². The molecule has 1 aliphatic heterocycles. The predicted octanol–water partition coefficient (Wildman–Crippen LogP) is 2.78. The van der Waals surface area contributed by atoms with E-state index in [4.69, 9.17) is 4.98 Å². The molecule has 0 spiro atoms. The molecule has 4 N–H and O–H groups in total. The highest BCUT2D eigenvalue weighted by Crippen LogP contribution is 2.32. The lowest BCUT2D eigenvalue weighted by atomic mass is 10.00. The van der Waals surface area contributed by atoms with Crippen LogP contribution in [0, 0.1) is 18.3 Å². The Balaban J connectivity index is 1.50. The molecule has 0 aliphatic carbocycles. The van der Waals surface area contributed by atoms with Crippen LogP contribution in [0.15, 0.2) is 36.7 Å². The molecule has 3 atom stereocenters. The zero-order chi connectivity index (χ0) is 24.5. The van der Waals surface area contributed by atoms with Crippen LogP contribution in [0.5, 0.6) is 0 Å².